The zero-order valence-electron chi connectivity index (χ0n) is 14.2. The van der Waals surface area contributed by atoms with Gasteiger partial charge in [0.2, 0.25) is 15.9 Å². The molecule has 1 aromatic heterocycles. The largest absolute Gasteiger partial charge is 0.365 e. The van der Waals surface area contributed by atoms with E-state index in [2.05, 4.69) is 21.7 Å². The standard InChI is InChI=1S/C17H21N3O3S2/c1-19(25(2,22)23)12-17(21)18-14-5-3-4-6-15(14)20-9-7-16-13(11-20)8-10-24-16/h3-6,8,10H,7,9,11-12H2,1-2H3,(H,18,21). The first-order valence-electron chi connectivity index (χ1n) is 7.95. The molecule has 0 fully saturated rings. The predicted octanol–water partition coefficient (Wildman–Crippen LogP) is 2.14. The van der Waals surface area contributed by atoms with Crippen LogP contribution in [0.3, 0.4) is 0 Å². The number of carbonyl (C=O) groups is 1. The molecule has 8 heteroatoms. The van der Waals surface area contributed by atoms with Gasteiger partial charge in [-0.15, -0.1) is 11.3 Å². The Hall–Kier alpha value is -1.90. The molecule has 0 saturated heterocycles. The number of nitrogens with one attached hydrogen (secondary N) is 1. The molecule has 0 bridgehead atoms. The van der Waals surface area contributed by atoms with Crippen LogP contribution in [0.2, 0.25) is 0 Å². The molecule has 1 aromatic carbocycles. The second kappa shape index (κ2) is 7.15. The van der Waals surface area contributed by atoms with Crippen molar-refractivity contribution in [2.24, 2.45) is 0 Å². The summed E-state index contributed by atoms with van der Waals surface area (Å²) in [5.41, 5.74) is 2.98. The Morgan fingerprint density at radius 3 is 2.84 bits per heavy atom. The fourth-order valence-electron chi connectivity index (χ4n) is 2.82. The SMILES string of the molecule is CN(CC(=O)Nc1ccccc1N1CCc2sccc2C1)S(C)(=O)=O. The molecule has 1 aliphatic heterocycles. The van der Waals surface area contributed by atoms with Crippen molar-refractivity contribution in [2.75, 3.05) is 36.6 Å². The van der Waals surface area contributed by atoms with Crippen LogP contribution in [0.4, 0.5) is 11.4 Å². The number of rotatable bonds is 5. The Kier molecular flexibility index (Phi) is 5.12. The molecule has 0 aliphatic carbocycles. The maximum Gasteiger partial charge on any atom is 0.239 e. The summed E-state index contributed by atoms with van der Waals surface area (Å²) in [7, 11) is -1.99. The average molecular weight is 380 g/mol. The maximum absolute atomic E-state index is 12.2. The van der Waals surface area contributed by atoms with Crippen LogP contribution in [0.5, 0.6) is 0 Å². The lowest BCUT2D eigenvalue weighted by Gasteiger charge is -2.30. The first-order valence-corrected chi connectivity index (χ1v) is 10.7. The number of hydrogen-bond donors (Lipinski definition) is 1. The summed E-state index contributed by atoms with van der Waals surface area (Å²) in [6, 6.07) is 9.77. The van der Waals surface area contributed by atoms with Crippen LogP contribution in [-0.4, -0.2) is 45.0 Å². The lowest BCUT2D eigenvalue weighted by Crippen LogP contribution is -2.35. The number of amides is 1. The summed E-state index contributed by atoms with van der Waals surface area (Å²) >= 11 is 1.79. The second-order valence-electron chi connectivity index (χ2n) is 6.12. The molecule has 0 atom stereocenters. The number of nitrogens with zero attached hydrogens (tertiary/aromatic N) is 2. The number of para-hydroxylation sites is 2. The van der Waals surface area contributed by atoms with Crippen LogP contribution in [0, 0.1) is 0 Å². The molecular weight excluding hydrogens is 358 g/mol. The van der Waals surface area contributed by atoms with Crippen molar-refractivity contribution < 1.29 is 13.2 Å². The first kappa shape index (κ1) is 17.9. The van der Waals surface area contributed by atoms with Crippen molar-refractivity contribution in [3.8, 4) is 0 Å². The molecule has 6 nitrogen and oxygen atoms in total. The van der Waals surface area contributed by atoms with E-state index in [0.29, 0.717) is 5.69 Å². The molecule has 1 N–H and O–H groups in total. The maximum atomic E-state index is 12.2. The number of hydrogen-bond acceptors (Lipinski definition) is 5. The highest BCUT2D eigenvalue weighted by Gasteiger charge is 2.21. The van der Waals surface area contributed by atoms with Gasteiger partial charge in [-0.2, -0.15) is 4.31 Å². The van der Waals surface area contributed by atoms with E-state index in [1.165, 1.54) is 17.5 Å². The van der Waals surface area contributed by atoms with Crippen LogP contribution >= 0.6 is 11.3 Å². The van der Waals surface area contributed by atoms with Crippen LogP contribution in [-0.2, 0) is 27.8 Å². The zero-order chi connectivity index (χ0) is 18.0. The van der Waals surface area contributed by atoms with Gasteiger partial charge in [0.1, 0.15) is 0 Å². The highest BCUT2D eigenvalue weighted by Crippen LogP contribution is 2.32. The number of likely N-dealkylation sites (N-methyl/N-ethyl adjacent to an activating group) is 1. The number of thiophene rings is 1. The summed E-state index contributed by atoms with van der Waals surface area (Å²) < 4.78 is 24.0. The number of carbonyl (C=O) groups excluding carboxylic acids is 1. The summed E-state index contributed by atoms with van der Waals surface area (Å²) in [6.07, 6.45) is 2.08. The van der Waals surface area contributed by atoms with E-state index in [0.717, 1.165) is 35.8 Å². The molecule has 0 radical (unpaired) electrons. The number of fused-ring (bicyclic) bond motifs is 1. The molecule has 25 heavy (non-hydrogen) atoms. The minimum absolute atomic E-state index is 0.207. The predicted molar refractivity (Wildman–Crippen MR) is 102 cm³/mol. The van der Waals surface area contributed by atoms with Gasteiger partial charge >= 0.3 is 0 Å². The number of sulfonamides is 1. The van der Waals surface area contributed by atoms with Crippen LogP contribution in [0.15, 0.2) is 35.7 Å². The Morgan fingerprint density at radius 1 is 1.32 bits per heavy atom. The van der Waals surface area contributed by atoms with E-state index in [1.807, 2.05) is 24.3 Å². The molecule has 2 aromatic rings. The molecule has 2 heterocycles. The lowest BCUT2D eigenvalue weighted by molar-refractivity contribution is -0.116. The Balaban J connectivity index is 1.75. The molecule has 134 valence electrons. The Bertz CT molecular complexity index is 877. The minimum atomic E-state index is -3.38. The molecule has 0 saturated carbocycles. The molecule has 0 spiro atoms. The summed E-state index contributed by atoms with van der Waals surface area (Å²) in [6.45, 7) is 1.50. The van der Waals surface area contributed by atoms with Gasteiger partial charge in [-0.1, -0.05) is 12.1 Å². The third-order valence-electron chi connectivity index (χ3n) is 4.26. The summed E-state index contributed by atoms with van der Waals surface area (Å²) in [5, 5.41) is 4.96. The normalized spacial score (nSPS) is 14.4. The topological polar surface area (TPSA) is 69.7 Å². The van der Waals surface area contributed by atoms with Crippen molar-refractivity contribution in [1.82, 2.24) is 4.31 Å². The molecule has 1 amide bonds. The van der Waals surface area contributed by atoms with Gasteiger partial charge in [0.15, 0.2) is 0 Å². The van der Waals surface area contributed by atoms with Crippen LogP contribution in [0.1, 0.15) is 10.4 Å². The fraction of sp³-hybridized carbons (Fsp3) is 0.353. The quantitative estimate of drug-likeness (QED) is 0.864. The summed E-state index contributed by atoms with van der Waals surface area (Å²) in [4.78, 5) is 15.9. The molecule has 0 unspecified atom stereocenters. The molecule has 3 rings (SSSR count). The smallest absolute Gasteiger partial charge is 0.239 e. The van der Waals surface area contributed by atoms with Gasteiger partial charge < -0.3 is 10.2 Å². The van der Waals surface area contributed by atoms with E-state index in [4.69, 9.17) is 0 Å². The van der Waals surface area contributed by atoms with Crippen molar-refractivity contribution in [2.45, 2.75) is 13.0 Å². The third kappa shape index (κ3) is 4.20. The van der Waals surface area contributed by atoms with Crippen molar-refractivity contribution in [3.05, 3.63) is 46.2 Å². The van der Waals surface area contributed by atoms with Gasteiger partial charge in [-0.3, -0.25) is 4.79 Å². The highest BCUT2D eigenvalue weighted by molar-refractivity contribution is 7.88. The first-order chi connectivity index (χ1) is 11.8. The van der Waals surface area contributed by atoms with Gasteiger partial charge in [-0.05, 0) is 35.6 Å². The highest BCUT2D eigenvalue weighted by atomic mass is 32.2. The van der Waals surface area contributed by atoms with Gasteiger partial charge in [0, 0.05) is 25.0 Å². The van der Waals surface area contributed by atoms with Crippen LogP contribution in [0.25, 0.3) is 0 Å². The third-order valence-corrected chi connectivity index (χ3v) is 6.54. The summed E-state index contributed by atoms with van der Waals surface area (Å²) in [5.74, 6) is -0.353. The molecule has 1 aliphatic rings. The Labute approximate surface area is 152 Å². The average Bonchev–Trinajstić information content (AvgIpc) is 3.02. The van der Waals surface area contributed by atoms with Crippen molar-refractivity contribution in [1.29, 1.82) is 0 Å². The number of anilines is 2. The van der Waals surface area contributed by atoms with E-state index < -0.39 is 10.0 Å². The van der Waals surface area contributed by atoms with Crippen molar-refractivity contribution in [3.63, 3.8) is 0 Å². The van der Waals surface area contributed by atoms with E-state index in [-0.39, 0.29) is 12.5 Å². The number of benzene rings is 1. The Morgan fingerprint density at radius 2 is 2.08 bits per heavy atom. The second-order valence-corrected chi connectivity index (χ2v) is 9.21. The van der Waals surface area contributed by atoms with Gasteiger partial charge in [0.25, 0.3) is 0 Å². The lowest BCUT2D eigenvalue weighted by atomic mass is 10.1. The van der Waals surface area contributed by atoms with E-state index in [9.17, 15) is 13.2 Å². The minimum Gasteiger partial charge on any atom is -0.365 e. The van der Waals surface area contributed by atoms with E-state index >= 15 is 0 Å². The van der Waals surface area contributed by atoms with Crippen molar-refractivity contribution >= 4 is 38.6 Å². The van der Waals surface area contributed by atoms with E-state index in [1.54, 1.807) is 11.3 Å². The molecular formula is C17H21N3O3S2. The fourth-order valence-corrected chi connectivity index (χ4v) is 4.06. The monoisotopic (exact) mass is 379 g/mol. The zero-order valence-corrected chi connectivity index (χ0v) is 15.9. The van der Waals surface area contributed by atoms with Crippen LogP contribution < -0.4 is 10.2 Å². The van der Waals surface area contributed by atoms with Gasteiger partial charge in [0.05, 0.1) is 24.2 Å². The van der Waals surface area contributed by atoms with Gasteiger partial charge in [-0.25, -0.2) is 8.42 Å².